The standard InChI is InChI=1S/C13H15BrN2/c1-10(2)8-16-9-12(7-15-16)11-4-3-5-13(14)6-11/h3-7,9-10H,8H2,1-2H3. The summed E-state index contributed by atoms with van der Waals surface area (Å²) in [6.45, 7) is 5.36. The summed E-state index contributed by atoms with van der Waals surface area (Å²) in [5.41, 5.74) is 2.37. The summed E-state index contributed by atoms with van der Waals surface area (Å²) in [5, 5.41) is 4.36. The van der Waals surface area contributed by atoms with Crippen molar-refractivity contribution in [3.63, 3.8) is 0 Å². The van der Waals surface area contributed by atoms with Gasteiger partial charge in [-0.15, -0.1) is 0 Å². The summed E-state index contributed by atoms with van der Waals surface area (Å²) >= 11 is 3.48. The molecule has 1 aromatic heterocycles. The first-order valence-electron chi connectivity index (χ1n) is 5.43. The molecule has 2 rings (SSSR count). The van der Waals surface area contributed by atoms with Gasteiger partial charge < -0.3 is 0 Å². The molecule has 16 heavy (non-hydrogen) atoms. The first-order valence-corrected chi connectivity index (χ1v) is 6.23. The molecule has 0 fully saturated rings. The van der Waals surface area contributed by atoms with Crippen molar-refractivity contribution in [2.45, 2.75) is 20.4 Å². The molecule has 0 N–H and O–H groups in total. The van der Waals surface area contributed by atoms with E-state index in [1.165, 1.54) is 11.1 Å². The zero-order valence-corrected chi connectivity index (χ0v) is 11.1. The van der Waals surface area contributed by atoms with Crippen molar-refractivity contribution in [3.05, 3.63) is 41.1 Å². The Hall–Kier alpha value is -1.09. The van der Waals surface area contributed by atoms with Gasteiger partial charge in [0.25, 0.3) is 0 Å². The minimum atomic E-state index is 0.621. The largest absolute Gasteiger partial charge is 0.272 e. The number of hydrogen-bond donors (Lipinski definition) is 0. The molecule has 0 spiro atoms. The van der Waals surface area contributed by atoms with Crippen molar-refractivity contribution in [2.24, 2.45) is 5.92 Å². The van der Waals surface area contributed by atoms with Crippen molar-refractivity contribution in [2.75, 3.05) is 0 Å². The van der Waals surface area contributed by atoms with E-state index in [1.807, 2.05) is 23.0 Å². The number of rotatable bonds is 3. The Labute approximate surface area is 104 Å². The van der Waals surface area contributed by atoms with Crippen LogP contribution in [-0.2, 0) is 6.54 Å². The van der Waals surface area contributed by atoms with Crippen LogP contribution in [0.25, 0.3) is 11.1 Å². The first kappa shape index (κ1) is 11.4. The van der Waals surface area contributed by atoms with E-state index in [0.29, 0.717) is 5.92 Å². The van der Waals surface area contributed by atoms with Crippen LogP contribution in [0.5, 0.6) is 0 Å². The molecule has 84 valence electrons. The van der Waals surface area contributed by atoms with Crippen molar-refractivity contribution >= 4 is 15.9 Å². The van der Waals surface area contributed by atoms with E-state index in [4.69, 9.17) is 0 Å². The van der Waals surface area contributed by atoms with Crippen LogP contribution in [0, 0.1) is 5.92 Å². The third-order valence-electron chi connectivity index (χ3n) is 2.34. The van der Waals surface area contributed by atoms with Crippen LogP contribution in [0.15, 0.2) is 41.1 Å². The lowest BCUT2D eigenvalue weighted by molar-refractivity contribution is 0.483. The Bertz CT molecular complexity index is 474. The van der Waals surface area contributed by atoms with Crippen LogP contribution in [-0.4, -0.2) is 9.78 Å². The van der Waals surface area contributed by atoms with E-state index in [1.54, 1.807) is 0 Å². The molecule has 0 saturated carbocycles. The molecule has 3 heteroatoms. The molecule has 0 aliphatic rings. The lowest BCUT2D eigenvalue weighted by atomic mass is 10.1. The van der Waals surface area contributed by atoms with Gasteiger partial charge in [0.15, 0.2) is 0 Å². The van der Waals surface area contributed by atoms with Crippen molar-refractivity contribution in [1.29, 1.82) is 0 Å². The van der Waals surface area contributed by atoms with Gasteiger partial charge in [0.05, 0.1) is 6.20 Å². The normalized spacial score (nSPS) is 11.0. The van der Waals surface area contributed by atoms with Crippen LogP contribution in [0.1, 0.15) is 13.8 Å². The molecule has 0 aliphatic heterocycles. The van der Waals surface area contributed by atoms with Crippen LogP contribution < -0.4 is 0 Å². The minimum Gasteiger partial charge on any atom is -0.272 e. The van der Waals surface area contributed by atoms with Gasteiger partial charge in [-0.3, -0.25) is 4.68 Å². The van der Waals surface area contributed by atoms with E-state index >= 15 is 0 Å². The molecular formula is C13H15BrN2. The minimum absolute atomic E-state index is 0.621. The van der Waals surface area contributed by atoms with Gasteiger partial charge in [0.2, 0.25) is 0 Å². The lowest BCUT2D eigenvalue weighted by Crippen LogP contribution is -2.03. The number of halogens is 1. The molecule has 0 amide bonds. The topological polar surface area (TPSA) is 17.8 Å². The van der Waals surface area contributed by atoms with Crippen LogP contribution in [0.2, 0.25) is 0 Å². The average Bonchev–Trinajstić information content (AvgIpc) is 2.65. The monoisotopic (exact) mass is 278 g/mol. The second-order valence-electron chi connectivity index (χ2n) is 4.36. The SMILES string of the molecule is CC(C)Cn1cc(-c2cccc(Br)c2)cn1. The molecule has 2 aromatic rings. The maximum atomic E-state index is 4.36. The molecule has 0 radical (unpaired) electrons. The highest BCUT2D eigenvalue weighted by molar-refractivity contribution is 9.10. The number of benzene rings is 1. The second kappa shape index (κ2) is 4.83. The Morgan fingerprint density at radius 1 is 1.31 bits per heavy atom. The highest BCUT2D eigenvalue weighted by Gasteiger charge is 2.03. The molecule has 1 heterocycles. The van der Waals surface area contributed by atoms with Crippen molar-refractivity contribution in [1.82, 2.24) is 9.78 Å². The van der Waals surface area contributed by atoms with Gasteiger partial charge in [-0.05, 0) is 23.6 Å². The molecular weight excluding hydrogens is 264 g/mol. The van der Waals surface area contributed by atoms with Gasteiger partial charge >= 0.3 is 0 Å². The van der Waals surface area contributed by atoms with Gasteiger partial charge in [-0.25, -0.2) is 0 Å². The molecule has 0 aliphatic carbocycles. The predicted octanol–water partition coefficient (Wildman–Crippen LogP) is 3.97. The van der Waals surface area contributed by atoms with Crippen molar-refractivity contribution < 1.29 is 0 Å². The van der Waals surface area contributed by atoms with Gasteiger partial charge in [0, 0.05) is 22.8 Å². The van der Waals surface area contributed by atoms with Crippen LogP contribution in [0.3, 0.4) is 0 Å². The van der Waals surface area contributed by atoms with Crippen molar-refractivity contribution in [3.8, 4) is 11.1 Å². The Balaban J connectivity index is 2.24. The number of hydrogen-bond acceptors (Lipinski definition) is 1. The third-order valence-corrected chi connectivity index (χ3v) is 2.84. The summed E-state index contributed by atoms with van der Waals surface area (Å²) in [6.07, 6.45) is 4.02. The lowest BCUT2D eigenvalue weighted by Gasteiger charge is -2.03. The molecule has 0 saturated heterocycles. The quantitative estimate of drug-likeness (QED) is 0.831. The summed E-state index contributed by atoms with van der Waals surface area (Å²) in [7, 11) is 0. The molecule has 1 aromatic carbocycles. The maximum Gasteiger partial charge on any atom is 0.0568 e. The second-order valence-corrected chi connectivity index (χ2v) is 5.27. The third kappa shape index (κ3) is 2.73. The molecule has 0 unspecified atom stereocenters. The van der Waals surface area contributed by atoms with E-state index in [9.17, 15) is 0 Å². The molecule has 2 nitrogen and oxygen atoms in total. The average molecular weight is 279 g/mol. The maximum absolute atomic E-state index is 4.36. The summed E-state index contributed by atoms with van der Waals surface area (Å²) in [4.78, 5) is 0. The van der Waals surface area contributed by atoms with Gasteiger partial charge in [-0.2, -0.15) is 5.10 Å². The Morgan fingerprint density at radius 2 is 2.12 bits per heavy atom. The number of nitrogens with zero attached hydrogens (tertiary/aromatic N) is 2. The van der Waals surface area contributed by atoms with Gasteiger partial charge in [0.1, 0.15) is 0 Å². The first-order chi connectivity index (χ1) is 7.65. The fourth-order valence-corrected chi connectivity index (χ4v) is 2.05. The Morgan fingerprint density at radius 3 is 2.81 bits per heavy atom. The summed E-state index contributed by atoms with van der Waals surface area (Å²) in [6, 6.07) is 8.28. The highest BCUT2D eigenvalue weighted by Crippen LogP contribution is 2.22. The van der Waals surface area contributed by atoms with Gasteiger partial charge in [-0.1, -0.05) is 41.9 Å². The van der Waals surface area contributed by atoms with Crippen LogP contribution in [0.4, 0.5) is 0 Å². The molecule has 0 bridgehead atoms. The fourth-order valence-electron chi connectivity index (χ4n) is 1.65. The molecule has 0 atom stereocenters. The van der Waals surface area contributed by atoms with E-state index in [-0.39, 0.29) is 0 Å². The smallest absolute Gasteiger partial charge is 0.0568 e. The predicted molar refractivity (Wildman–Crippen MR) is 70.2 cm³/mol. The summed E-state index contributed by atoms with van der Waals surface area (Å²) < 4.78 is 3.10. The van der Waals surface area contributed by atoms with Crippen LogP contribution >= 0.6 is 15.9 Å². The summed E-state index contributed by atoms with van der Waals surface area (Å²) in [5.74, 6) is 0.621. The zero-order valence-electron chi connectivity index (χ0n) is 9.52. The highest BCUT2D eigenvalue weighted by atomic mass is 79.9. The van der Waals surface area contributed by atoms with E-state index in [0.717, 1.165) is 11.0 Å². The number of aromatic nitrogens is 2. The fraction of sp³-hybridized carbons (Fsp3) is 0.308. The Kier molecular flexibility index (Phi) is 3.44. The van der Waals surface area contributed by atoms with E-state index in [2.05, 4.69) is 53.2 Å². The zero-order chi connectivity index (χ0) is 11.5. The van der Waals surface area contributed by atoms with E-state index < -0.39 is 0 Å².